The van der Waals surface area contributed by atoms with Crippen LogP contribution >= 0.6 is 12.4 Å². The first-order chi connectivity index (χ1) is 10.7. The van der Waals surface area contributed by atoms with Crippen molar-refractivity contribution < 1.29 is 32.3 Å². The van der Waals surface area contributed by atoms with Crippen molar-refractivity contribution in [2.45, 2.75) is 6.18 Å². The number of hydrogen-bond donors (Lipinski definition) is 2. The maximum absolute atomic E-state index is 13.0. The first-order valence-electron chi connectivity index (χ1n) is 6.74. The predicted molar refractivity (Wildman–Crippen MR) is 79.4 cm³/mol. The van der Waals surface area contributed by atoms with Gasteiger partial charge in [-0.1, -0.05) is 6.07 Å². The third-order valence-electron chi connectivity index (χ3n) is 3.61. The number of carbonyl (C=O) groups is 2. The second-order valence-electron chi connectivity index (χ2n) is 5.35. The molecule has 0 spiro atoms. The molecule has 0 saturated carbocycles. The van der Waals surface area contributed by atoms with Crippen molar-refractivity contribution in [3.8, 4) is 0 Å². The summed E-state index contributed by atoms with van der Waals surface area (Å²) in [6.45, 7) is -1.32. The first kappa shape index (κ1) is 20.2. The summed E-state index contributed by atoms with van der Waals surface area (Å²) in [6, 6.07) is 5.06. The SMILES string of the molecule is Cl.O=C(CN1C[C@@H](C(F)(F)F)[C@H](C(=O)O)C1)Nc1cccc(F)c1. The van der Waals surface area contributed by atoms with Crippen molar-refractivity contribution in [1.82, 2.24) is 4.90 Å². The van der Waals surface area contributed by atoms with Crippen LogP contribution in [0.3, 0.4) is 0 Å². The van der Waals surface area contributed by atoms with E-state index < -0.39 is 48.8 Å². The highest BCUT2D eigenvalue weighted by molar-refractivity contribution is 5.92. The number of carboxylic acid groups (broad SMARTS) is 1. The molecular formula is C14H15ClF4N2O3. The Morgan fingerprint density at radius 3 is 2.46 bits per heavy atom. The molecule has 1 saturated heterocycles. The van der Waals surface area contributed by atoms with Crippen molar-refractivity contribution in [3.63, 3.8) is 0 Å². The molecule has 2 N–H and O–H groups in total. The van der Waals surface area contributed by atoms with Gasteiger partial charge in [0.15, 0.2) is 0 Å². The van der Waals surface area contributed by atoms with Crippen LogP contribution in [0.15, 0.2) is 24.3 Å². The minimum Gasteiger partial charge on any atom is -0.481 e. The number of likely N-dealkylation sites (tertiary alicyclic amines) is 1. The van der Waals surface area contributed by atoms with Crippen LogP contribution in [-0.4, -0.2) is 47.7 Å². The number of halogens is 5. The lowest BCUT2D eigenvalue weighted by atomic mass is 9.96. The molecule has 0 unspecified atom stereocenters. The summed E-state index contributed by atoms with van der Waals surface area (Å²) in [5, 5.41) is 11.3. The van der Waals surface area contributed by atoms with Crippen LogP contribution in [0.2, 0.25) is 0 Å². The number of nitrogens with zero attached hydrogens (tertiary/aromatic N) is 1. The summed E-state index contributed by atoms with van der Waals surface area (Å²) in [7, 11) is 0. The highest BCUT2D eigenvalue weighted by Gasteiger charge is 2.52. The smallest absolute Gasteiger partial charge is 0.393 e. The molecule has 0 bridgehead atoms. The van der Waals surface area contributed by atoms with Gasteiger partial charge in [-0.05, 0) is 18.2 Å². The van der Waals surface area contributed by atoms with Crippen LogP contribution in [0, 0.1) is 17.7 Å². The average molecular weight is 371 g/mol. The number of amides is 1. The van der Waals surface area contributed by atoms with Crippen molar-refractivity contribution >= 4 is 30.0 Å². The van der Waals surface area contributed by atoms with Gasteiger partial charge in [-0.15, -0.1) is 12.4 Å². The maximum atomic E-state index is 13.0. The third kappa shape index (κ3) is 5.07. The number of alkyl halides is 3. The zero-order chi connectivity index (χ0) is 17.2. The molecule has 1 aromatic carbocycles. The number of carboxylic acids is 1. The molecule has 10 heteroatoms. The minimum atomic E-state index is -4.64. The highest BCUT2D eigenvalue weighted by atomic mass is 35.5. The molecule has 1 aliphatic rings. The number of hydrogen-bond acceptors (Lipinski definition) is 3. The third-order valence-corrected chi connectivity index (χ3v) is 3.61. The standard InChI is InChI=1S/C14H14F4N2O3.ClH/c15-8-2-1-3-9(4-8)19-12(21)7-20-5-10(13(22)23)11(6-20)14(16,17)18;/h1-4,10-11H,5-7H2,(H,19,21)(H,22,23);1H/t10-,11-;/m1./s1. The molecule has 1 amide bonds. The van der Waals surface area contributed by atoms with Gasteiger partial charge < -0.3 is 10.4 Å². The number of aliphatic carboxylic acids is 1. The van der Waals surface area contributed by atoms with Gasteiger partial charge in [0.25, 0.3) is 0 Å². The summed E-state index contributed by atoms with van der Waals surface area (Å²) in [4.78, 5) is 23.9. The van der Waals surface area contributed by atoms with E-state index in [-0.39, 0.29) is 24.6 Å². The van der Waals surface area contributed by atoms with E-state index in [1.165, 1.54) is 18.2 Å². The van der Waals surface area contributed by atoms with Gasteiger partial charge in [-0.2, -0.15) is 13.2 Å². The van der Waals surface area contributed by atoms with Crippen molar-refractivity contribution in [2.24, 2.45) is 11.8 Å². The Kier molecular flexibility index (Phi) is 6.56. The largest absolute Gasteiger partial charge is 0.481 e. The van der Waals surface area contributed by atoms with Gasteiger partial charge in [-0.3, -0.25) is 14.5 Å². The Morgan fingerprint density at radius 2 is 1.96 bits per heavy atom. The van der Waals surface area contributed by atoms with Crippen LogP contribution in [-0.2, 0) is 9.59 Å². The fraction of sp³-hybridized carbons (Fsp3) is 0.429. The van der Waals surface area contributed by atoms with Gasteiger partial charge in [-0.25, -0.2) is 4.39 Å². The van der Waals surface area contributed by atoms with Crippen LogP contribution in [0.5, 0.6) is 0 Å². The normalized spacial score (nSPS) is 21.2. The summed E-state index contributed by atoms with van der Waals surface area (Å²) in [5.41, 5.74) is 0.177. The fourth-order valence-corrected chi connectivity index (χ4v) is 2.57. The van der Waals surface area contributed by atoms with E-state index in [2.05, 4.69) is 5.32 Å². The molecule has 2 rings (SSSR count). The number of benzene rings is 1. The van der Waals surface area contributed by atoms with E-state index in [1.54, 1.807) is 0 Å². The quantitative estimate of drug-likeness (QED) is 0.798. The molecule has 0 aliphatic carbocycles. The van der Waals surface area contributed by atoms with Gasteiger partial charge in [0, 0.05) is 18.8 Å². The number of carbonyl (C=O) groups excluding carboxylic acids is 1. The Morgan fingerprint density at radius 1 is 1.29 bits per heavy atom. The van der Waals surface area contributed by atoms with E-state index >= 15 is 0 Å². The zero-order valence-corrected chi connectivity index (χ0v) is 13.0. The van der Waals surface area contributed by atoms with E-state index in [1.807, 2.05) is 0 Å². The molecule has 5 nitrogen and oxygen atoms in total. The fourth-order valence-electron chi connectivity index (χ4n) is 2.57. The van der Waals surface area contributed by atoms with E-state index in [4.69, 9.17) is 5.11 Å². The van der Waals surface area contributed by atoms with E-state index in [0.29, 0.717) is 0 Å². The molecule has 1 heterocycles. The van der Waals surface area contributed by atoms with Crippen molar-refractivity contribution in [1.29, 1.82) is 0 Å². The Bertz CT molecular complexity index is 612. The molecule has 1 fully saturated rings. The molecule has 0 radical (unpaired) electrons. The first-order valence-corrected chi connectivity index (χ1v) is 6.74. The van der Waals surface area contributed by atoms with Crippen molar-refractivity contribution in [3.05, 3.63) is 30.1 Å². The molecule has 2 atom stereocenters. The number of rotatable bonds is 4. The summed E-state index contributed by atoms with van der Waals surface area (Å²) < 4.78 is 51.5. The summed E-state index contributed by atoms with van der Waals surface area (Å²) in [5.74, 6) is -6.35. The second-order valence-corrected chi connectivity index (χ2v) is 5.35. The highest BCUT2D eigenvalue weighted by Crippen LogP contribution is 2.37. The second kappa shape index (κ2) is 7.80. The maximum Gasteiger partial charge on any atom is 0.393 e. The Hall–Kier alpha value is -1.87. The van der Waals surface area contributed by atoms with E-state index in [0.717, 1.165) is 11.0 Å². The van der Waals surface area contributed by atoms with Crippen molar-refractivity contribution in [2.75, 3.05) is 25.0 Å². The molecule has 1 aromatic rings. The number of anilines is 1. The lowest BCUT2D eigenvalue weighted by Gasteiger charge is -2.18. The van der Waals surface area contributed by atoms with Gasteiger partial charge in [0.1, 0.15) is 5.82 Å². The monoisotopic (exact) mass is 370 g/mol. The van der Waals surface area contributed by atoms with Gasteiger partial charge >= 0.3 is 12.1 Å². The van der Waals surface area contributed by atoms with Gasteiger partial charge in [0.05, 0.1) is 18.4 Å². The van der Waals surface area contributed by atoms with E-state index in [9.17, 15) is 27.2 Å². The van der Waals surface area contributed by atoms with Crippen LogP contribution < -0.4 is 5.32 Å². The lowest BCUT2D eigenvalue weighted by Crippen LogP contribution is -2.34. The summed E-state index contributed by atoms with van der Waals surface area (Å²) >= 11 is 0. The molecular weight excluding hydrogens is 356 g/mol. The average Bonchev–Trinajstić information content (AvgIpc) is 2.82. The summed E-state index contributed by atoms with van der Waals surface area (Å²) in [6.07, 6.45) is -4.64. The molecule has 24 heavy (non-hydrogen) atoms. The minimum absolute atomic E-state index is 0. The predicted octanol–water partition coefficient (Wildman–Crippen LogP) is 2.38. The van der Waals surface area contributed by atoms with Crippen LogP contribution in [0.4, 0.5) is 23.2 Å². The Labute approximate surface area is 141 Å². The molecule has 0 aromatic heterocycles. The van der Waals surface area contributed by atoms with Gasteiger partial charge in [0.2, 0.25) is 5.91 Å². The lowest BCUT2D eigenvalue weighted by molar-refractivity contribution is -0.188. The van der Waals surface area contributed by atoms with Crippen LogP contribution in [0.1, 0.15) is 0 Å². The molecule has 134 valence electrons. The van der Waals surface area contributed by atoms with Crippen LogP contribution in [0.25, 0.3) is 0 Å². The Balaban J connectivity index is 0.00000288. The number of nitrogens with one attached hydrogen (secondary N) is 1. The molecule has 1 aliphatic heterocycles. The zero-order valence-electron chi connectivity index (χ0n) is 12.2. The topological polar surface area (TPSA) is 69.6 Å².